The molecule has 3 aromatic rings. The van der Waals surface area contributed by atoms with Crippen LogP contribution in [-0.4, -0.2) is 15.0 Å². The molecule has 1 aromatic heterocycles. The SMILES string of the molecule is CCC.CCC.CCc1ccccc1.CCc1ccccc1.Cc1nc(C)nc(C)n1. The predicted octanol–water partition coefficient (Wildman–Crippen LogP) is 8.13. The van der Waals surface area contributed by atoms with Crippen molar-refractivity contribution >= 4 is 0 Å². The second-order valence-corrected chi connectivity index (χ2v) is 7.07. The van der Waals surface area contributed by atoms with E-state index in [9.17, 15) is 0 Å². The maximum absolute atomic E-state index is 4.01. The lowest BCUT2D eigenvalue weighted by molar-refractivity contribution is 0.875. The molecular formula is C28H45N3. The van der Waals surface area contributed by atoms with Gasteiger partial charge in [0.2, 0.25) is 0 Å². The topological polar surface area (TPSA) is 38.7 Å². The zero-order chi connectivity index (χ0) is 23.9. The van der Waals surface area contributed by atoms with Crippen LogP contribution in [0.1, 0.15) is 83.0 Å². The highest BCUT2D eigenvalue weighted by Gasteiger charge is 1.91. The average Bonchev–Trinajstić information content (AvgIpc) is 2.76. The van der Waals surface area contributed by atoms with E-state index in [4.69, 9.17) is 0 Å². The van der Waals surface area contributed by atoms with Gasteiger partial charge in [-0.2, -0.15) is 0 Å². The zero-order valence-corrected chi connectivity index (χ0v) is 21.4. The largest absolute Gasteiger partial charge is 0.219 e. The number of benzene rings is 2. The summed E-state index contributed by atoms with van der Waals surface area (Å²) in [5, 5.41) is 0. The van der Waals surface area contributed by atoms with Crippen LogP contribution in [-0.2, 0) is 12.8 Å². The van der Waals surface area contributed by atoms with Crippen molar-refractivity contribution in [3.63, 3.8) is 0 Å². The van der Waals surface area contributed by atoms with Crippen molar-refractivity contribution in [3.8, 4) is 0 Å². The molecule has 0 aliphatic heterocycles. The van der Waals surface area contributed by atoms with Gasteiger partial charge in [-0.1, -0.05) is 115 Å². The highest BCUT2D eigenvalue weighted by atomic mass is 15.0. The third-order valence-corrected chi connectivity index (χ3v) is 3.47. The van der Waals surface area contributed by atoms with Gasteiger partial charge >= 0.3 is 0 Å². The Labute approximate surface area is 192 Å². The van der Waals surface area contributed by atoms with Gasteiger partial charge in [0.15, 0.2) is 0 Å². The number of nitrogens with zero attached hydrogens (tertiary/aromatic N) is 3. The quantitative estimate of drug-likeness (QED) is 0.417. The lowest BCUT2D eigenvalue weighted by Crippen LogP contribution is -1.97. The molecule has 3 heteroatoms. The summed E-state index contributed by atoms with van der Waals surface area (Å²) < 4.78 is 0. The molecule has 0 atom stereocenters. The van der Waals surface area contributed by atoms with Gasteiger partial charge in [-0.3, -0.25) is 0 Å². The maximum atomic E-state index is 4.01. The molecule has 0 bridgehead atoms. The Bertz CT molecular complexity index is 649. The smallest absolute Gasteiger partial charge is 0.129 e. The Morgan fingerprint density at radius 2 is 0.677 bits per heavy atom. The molecule has 3 nitrogen and oxygen atoms in total. The molecule has 0 amide bonds. The first-order valence-electron chi connectivity index (χ1n) is 11.6. The monoisotopic (exact) mass is 423 g/mol. The molecule has 0 saturated heterocycles. The first-order valence-corrected chi connectivity index (χ1v) is 11.6. The van der Waals surface area contributed by atoms with Crippen LogP contribution >= 0.6 is 0 Å². The molecule has 0 unspecified atom stereocenters. The van der Waals surface area contributed by atoms with Gasteiger partial charge in [-0.25, -0.2) is 15.0 Å². The number of aromatic nitrogens is 3. The lowest BCUT2D eigenvalue weighted by Gasteiger charge is -1.94. The van der Waals surface area contributed by atoms with Gasteiger partial charge in [0, 0.05) is 0 Å². The normalized spacial score (nSPS) is 8.68. The molecule has 0 aliphatic rings. The van der Waals surface area contributed by atoms with Gasteiger partial charge < -0.3 is 0 Å². The minimum absolute atomic E-state index is 0.792. The summed E-state index contributed by atoms with van der Waals surface area (Å²) in [6, 6.07) is 20.9. The summed E-state index contributed by atoms with van der Waals surface area (Å²) in [5.74, 6) is 2.38. The Balaban J connectivity index is 0. The van der Waals surface area contributed by atoms with E-state index in [1.165, 1.54) is 24.0 Å². The van der Waals surface area contributed by atoms with Crippen molar-refractivity contribution in [2.75, 3.05) is 0 Å². The Morgan fingerprint density at radius 3 is 0.839 bits per heavy atom. The van der Waals surface area contributed by atoms with Crippen molar-refractivity contribution in [3.05, 3.63) is 89.3 Å². The fourth-order valence-corrected chi connectivity index (χ4v) is 2.20. The van der Waals surface area contributed by atoms with Gasteiger partial charge in [-0.15, -0.1) is 0 Å². The molecule has 0 aliphatic carbocycles. The molecule has 1 heterocycles. The van der Waals surface area contributed by atoms with Gasteiger partial charge in [0.05, 0.1) is 0 Å². The molecular weight excluding hydrogens is 378 g/mol. The highest BCUT2D eigenvalue weighted by Crippen LogP contribution is 1.97. The molecule has 0 spiro atoms. The minimum Gasteiger partial charge on any atom is -0.219 e. The summed E-state index contributed by atoms with van der Waals surface area (Å²) in [5.41, 5.74) is 2.82. The van der Waals surface area contributed by atoms with Gasteiger partial charge in [-0.05, 0) is 44.7 Å². The number of hydrogen-bond acceptors (Lipinski definition) is 3. The van der Waals surface area contributed by atoms with Crippen LogP contribution in [0.3, 0.4) is 0 Å². The first-order chi connectivity index (χ1) is 14.9. The average molecular weight is 424 g/mol. The number of hydrogen-bond donors (Lipinski definition) is 0. The molecule has 31 heavy (non-hydrogen) atoms. The van der Waals surface area contributed by atoms with Gasteiger partial charge in [0.1, 0.15) is 17.5 Å². The van der Waals surface area contributed by atoms with Crippen LogP contribution in [0.4, 0.5) is 0 Å². The fraction of sp³-hybridized carbons (Fsp3) is 0.464. The van der Waals surface area contributed by atoms with Crippen LogP contribution in [0, 0.1) is 20.8 Å². The molecule has 2 aromatic carbocycles. The summed E-state index contributed by atoms with van der Waals surface area (Å²) in [7, 11) is 0. The van der Waals surface area contributed by atoms with Crippen molar-refractivity contribution in [1.29, 1.82) is 0 Å². The molecule has 3 rings (SSSR count). The van der Waals surface area contributed by atoms with E-state index in [2.05, 4.69) is 105 Å². The maximum Gasteiger partial charge on any atom is 0.129 e. The first kappa shape index (κ1) is 30.6. The molecule has 172 valence electrons. The molecule has 0 saturated carbocycles. The van der Waals surface area contributed by atoms with Crippen molar-refractivity contribution < 1.29 is 0 Å². The second kappa shape index (κ2) is 22.1. The fourth-order valence-electron chi connectivity index (χ4n) is 2.20. The summed E-state index contributed by atoms with van der Waals surface area (Å²) in [6.45, 7) is 18.4. The van der Waals surface area contributed by atoms with Crippen LogP contribution in [0.2, 0.25) is 0 Å². The Hall–Kier alpha value is -2.55. The van der Waals surface area contributed by atoms with Crippen LogP contribution in [0.15, 0.2) is 60.7 Å². The third-order valence-electron chi connectivity index (χ3n) is 3.47. The van der Waals surface area contributed by atoms with Crippen molar-refractivity contribution in [1.82, 2.24) is 15.0 Å². The Kier molecular flexibility index (Phi) is 21.9. The van der Waals surface area contributed by atoms with Crippen LogP contribution in [0.5, 0.6) is 0 Å². The van der Waals surface area contributed by atoms with Gasteiger partial charge in [0.25, 0.3) is 0 Å². The summed E-state index contributed by atoms with van der Waals surface area (Å²) >= 11 is 0. The summed E-state index contributed by atoms with van der Waals surface area (Å²) in [6.07, 6.45) is 4.78. The number of rotatable bonds is 2. The van der Waals surface area contributed by atoms with Crippen LogP contribution in [0.25, 0.3) is 0 Å². The van der Waals surface area contributed by atoms with Crippen LogP contribution < -0.4 is 0 Å². The van der Waals surface area contributed by atoms with E-state index < -0.39 is 0 Å². The molecule has 0 radical (unpaired) electrons. The van der Waals surface area contributed by atoms with E-state index in [0.29, 0.717) is 0 Å². The minimum atomic E-state index is 0.792. The van der Waals surface area contributed by atoms with E-state index in [0.717, 1.165) is 30.3 Å². The highest BCUT2D eigenvalue weighted by molar-refractivity contribution is 5.14. The predicted molar refractivity (Wildman–Crippen MR) is 138 cm³/mol. The van der Waals surface area contributed by atoms with E-state index in [1.54, 1.807) is 0 Å². The Morgan fingerprint density at radius 1 is 0.452 bits per heavy atom. The van der Waals surface area contributed by atoms with E-state index in [1.807, 2.05) is 32.9 Å². The number of aryl methyl sites for hydroxylation is 5. The second-order valence-electron chi connectivity index (χ2n) is 7.07. The van der Waals surface area contributed by atoms with E-state index >= 15 is 0 Å². The zero-order valence-electron chi connectivity index (χ0n) is 21.4. The third kappa shape index (κ3) is 20.5. The van der Waals surface area contributed by atoms with Crippen molar-refractivity contribution in [2.24, 2.45) is 0 Å². The van der Waals surface area contributed by atoms with Crippen molar-refractivity contribution in [2.45, 2.75) is 88.0 Å². The molecule has 0 N–H and O–H groups in total. The molecule has 0 fully saturated rings. The lowest BCUT2D eigenvalue weighted by atomic mass is 10.2. The summed E-state index contributed by atoms with van der Waals surface area (Å²) in [4.78, 5) is 12.0. The standard InChI is InChI=1S/2C8H10.C6H9N3.2C3H8/c2*1-2-8-6-4-3-5-7-8;1-4-7-5(2)9-6(3)8-4;2*1-3-2/h2*3-7H,2H2,1H3;1-3H3;2*3H2,1-2H3. The van der Waals surface area contributed by atoms with E-state index in [-0.39, 0.29) is 0 Å².